The molecule has 0 heterocycles. The van der Waals surface area contributed by atoms with Gasteiger partial charge in [0.05, 0.1) is 11.5 Å². The normalized spacial score (nSPS) is 12.4. The number of aliphatic carboxylic acids is 1. The summed E-state index contributed by atoms with van der Waals surface area (Å²) in [5.74, 6) is -1.67. The average molecular weight is 544 g/mol. The van der Waals surface area contributed by atoms with Crippen LogP contribution in [0.15, 0.2) is 52.6 Å². The van der Waals surface area contributed by atoms with Gasteiger partial charge in [0.15, 0.2) is 0 Å². The van der Waals surface area contributed by atoms with Gasteiger partial charge in [0.2, 0.25) is 0 Å². The standard InChI is InChI=1S/C28H35F2N5O4/c1-18-13-23(26(36)33-4)24(35-17-20-7-5-6-8-25(20)39-28(29)30)14-22(18)21(15-32-3)16-34-12-10-19(27(37)38)9-11-31-2/h5-8,13-16,19,28,31,35H,3,9-12,17H2,1-2,4H3,(H,33,36)(H,37,38)/b21-15+,34-16?. The Morgan fingerprint density at radius 3 is 2.54 bits per heavy atom. The van der Waals surface area contributed by atoms with Crippen molar-refractivity contribution in [3.05, 3.63) is 64.9 Å². The van der Waals surface area contributed by atoms with Crippen molar-refractivity contribution in [1.29, 1.82) is 0 Å². The largest absolute Gasteiger partial charge is 0.481 e. The van der Waals surface area contributed by atoms with E-state index in [-0.39, 0.29) is 18.2 Å². The van der Waals surface area contributed by atoms with E-state index in [4.69, 9.17) is 0 Å². The minimum absolute atomic E-state index is 0.0341. The summed E-state index contributed by atoms with van der Waals surface area (Å²) in [7, 11) is 3.29. The average Bonchev–Trinajstić information content (AvgIpc) is 2.91. The highest BCUT2D eigenvalue weighted by Crippen LogP contribution is 2.28. The Morgan fingerprint density at radius 1 is 1.15 bits per heavy atom. The van der Waals surface area contributed by atoms with E-state index >= 15 is 0 Å². The number of anilines is 1. The number of hydrogen-bond acceptors (Lipinski definition) is 7. The fraction of sp³-hybridized carbons (Fsp3) is 0.357. The molecular formula is C28H35F2N5O4. The molecule has 210 valence electrons. The number of carbonyl (C=O) groups is 2. The molecule has 0 aromatic heterocycles. The number of para-hydroxylation sites is 1. The van der Waals surface area contributed by atoms with Crippen LogP contribution in [0.25, 0.3) is 5.57 Å². The predicted octanol–water partition coefficient (Wildman–Crippen LogP) is 4.38. The molecule has 0 saturated heterocycles. The number of carboxylic acid groups (broad SMARTS) is 1. The fourth-order valence-corrected chi connectivity index (χ4v) is 3.91. The number of nitrogens with one attached hydrogen (secondary N) is 3. The van der Waals surface area contributed by atoms with Gasteiger partial charge in [-0.25, -0.2) is 0 Å². The van der Waals surface area contributed by atoms with E-state index in [1.165, 1.54) is 19.3 Å². The number of nitrogens with zero attached hydrogens (tertiary/aromatic N) is 2. The summed E-state index contributed by atoms with van der Waals surface area (Å²) in [5, 5.41) is 18.1. The molecule has 2 rings (SSSR count). The molecule has 0 saturated carbocycles. The van der Waals surface area contributed by atoms with E-state index in [0.29, 0.717) is 53.9 Å². The minimum Gasteiger partial charge on any atom is -0.481 e. The number of benzene rings is 2. The van der Waals surface area contributed by atoms with Gasteiger partial charge in [-0.05, 0) is 69.4 Å². The third kappa shape index (κ3) is 9.60. The highest BCUT2D eigenvalue weighted by atomic mass is 19.3. The van der Waals surface area contributed by atoms with E-state index in [1.54, 1.807) is 43.6 Å². The first-order valence-electron chi connectivity index (χ1n) is 12.4. The molecule has 4 N–H and O–H groups in total. The van der Waals surface area contributed by atoms with E-state index < -0.39 is 18.5 Å². The third-order valence-corrected chi connectivity index (χ3v) is 5.96. The summed E-state index contributed by atoms with van der Waals surface area (Å²) in [5.41, 5.74) is 3.39. The van der Waals surface area contributed by atoms with Crippen molar-refractivity contribution in [2.45, 2.75) is 32.9 Å². The maximum Gasteiger partial charge on any atom is 0.387 e. The Bertz CT molecular complexity index is 1200. The summed E-state index contributed by atoms with van der Waals surface area (Å²) < 4.78 is 30.3. The second-order valence-electron chi connectivity index (χ2n) is 8.65. The Hall–Kier alpha value is -4.12. The number of carboxylic acids is 1. The van der Waals surface area contributed by atoms with Gasteiger partial charge in [-0.3, -0.25) is 19.6 Å². The van der Waals surface area contributed by atoms with Crippen molar-refractivity contribution in [2.75, 3.05) is 32.5 Å². The Morgan fingerprint density at radius 2 is 1.90 bits per heavy atom. The van der Waals surface area contributed by atoms with Crippen LogP contribution < -0.4 is 20.7 Å². The maximum atomic E-state index is 12.8. The summed E-state index contributed by atoms with van der Waals surface area (Å²) in [4.78, 5) is 32.4. The lowest BCUT2D eigenvalue weighted by atomic mass is 9.97. The number of ether oxygens (including phenoxy) is 1. The van der Waals surface area contributed by atoms with Crippen LogP contribution in [-0.2, 0) is 11.3 Å². The van der Waals surface area contributed by atoms with Crippen molar-refractivity contribution in [3.8, 4) is 5.75 Å². The summed E-state index contributed by atoms with van der Waals surface area (Å²) in [6.07, 6.45) is 4.00. The third-order valence-electron chi connectivity index (χ3n) is 5.96. The molecule has 0 aliphatic carbocycles. The molecule has 0 aliphatic rings. The Balaban J connectivity index is 2.35. The monoisotopic (exact) mass is 543 g/mol. The second-order valence-corrected chi connectivity index (χ2v) is 8.65. The first-order valence-corrected chi connectivity index (χ1v) is 12.4. The van der Waals surface area contributed by atoms with Gasteiger partial charge in [-0.15, -0.1) is 0 Å². The van der Waals surface area contributed by atoms with Gasteiger partial charge in [0.25, 0.3) is 5.91 Å². The zero-order chi connectivity index (χ0) is 28.8. The van der Waals surface area contributed by atoms with E-state index in [9.17, 15) is 23.5 Å². The van der Waals surface area contributed by atoms with E-state index in [1.807, 2.05) is 6.92 Å². The number of halogens is 2. The second kappa shape index (κ2) is 16.0. The maximum absolute atomic E-state index is 12.8. The van der Waals surface area contributed by atoms with E-state index in [0.717, 1.165) is 5.56 Å². The molecule has 9 nitrogen and oxygen atoms in total. The molecule has 1 unspecified atom stereocenters. The molecular weight excluding hydrogens is 508 g/mol. The predicted molar refractivity (Wildman–Crippen MR) is 150 cm³/mol. The fourth-order valence-electron chi connectivity index (χ4n) is 3.91. The van der Waals surface area contributed by atoms with Crippen molar-refractivity contribution < 1.29 is 28.2 Å². The van der Waals surface area contributed by atoms with Crippen LogP contribution in [0.2, 0.25) is 0 Å². The quantitative estimate of drug-likeness (QED) is 0.233. The highest BCUT2D eigenvalue weighted by molar-refractivity contribution is 6.11. The van der Waals surface area contributed by atoms with Gasteiger partial charge >= 0.3 is 12.6 Å². The zero-order valence-corrected chi connectivity index (χ0v) is 22.3. The molecule has 0 aliphatic heterocycles. The lowest BCUT2D eigenvalue weighted by Gasteiger charge is -2.17. The first-order chi connectivity index (χ1) is 18.7. The molecule has 11 heteroatoms. The van der Waals surface area contributed by atoms with Crippen LogP contribution in [0.3, 0.4) is 0 Å². The van der Waals surface area contributed by atoms with Crippen molar-refractivity contribution in [1.82, 2.24) is 10.6 Å². The topological polar surface area (TPSA) is 124 Å². The number of aryl methyl sites for hydroxylation is 1. The highest BCUT2D eigenvalue weighted by Gasteiger charge is 2.18. The van der Waals surface area contributed by atoms with Crippen molar-refractivity contribution in [2.24, 2.45) is 15.9 Å². The number of alkyl halides is 2. The number of rotatable bonds is 16. The summed E-state index contributed by atoms with van der Waals surface area (Å²) in [6, 6.07) is 9.87. The molecule has 1 atom stereocenters. The number of hydrogen-bond donors (Lipinski definition) is 4. The van der Waals surface area contributed by atoms with Crippen molar-refractivity contribution in [3.63, 3.8) is 0 Å². The molecule has 0 bridgehead atoms. The minimum atomic E-state index is -2.97. The lowest BCUT2D eigenvalue weighted by molar-refractivity contribution is -0.142. The van der Waals surface area contributed by atoms with Crippen LogP contribution in [-0.4, -0.2) is 63.7 Å². The van der Waals surface area contributed by atoms with Gasteiger partial charge in [0, 0.05) is 49.4 Å². The SMILES string of the molecule is C=N/C=C(\C=NCCC(CCNC)C(=O)O)c1cc(NCc2ccccc2OC(F)F)c(C(=O)NC)cc1C. The van der Waals surface area contributed by atoms with Gasteiger partial charge < -0.3 is 25.8 Å². The number of amides is 1. The number of carbonyl (C=O) groups excluding carboxylic acids is 1. The smallest absolute Gasteiger partial charge is 0.387 e. The van der Waals surface area contributed by atoms with Crippen molar-refractivity contribution >= 4 is 36.1 Å². The number of aliphatic imine (C=N–C) groups is 2. The molecule has 39 heavy (non-hydrogen) atoms. The molecule has 1 amide bonds. The first kappa shape index (κ1) is 31.1. The molecule has 0 radical (unpaired) electrons. The summed E-state index contributed by atoms with van der Waals surface area (Å²) in [6.45, 7) is 3.41. The zero-order valence-electron chi connectivity index (χ0n) is 22.3. The lowest BCUT2D eigenvalue weighted by Crippen LogP contribution is -2.20. The van der Waals surface area contributed by atoms with Gasteiger partial charge in [0.1, 0.15) is 5.75 Å². The molecule has 0 fully saturated rings. The van der Waals surface area contributed by atoms with Gasteiger partial charge in [-0.1, -0.05) is 18.2 Å². The molecule has 0 spiro atoms. The molecule has 2 aromatic carbocycles. The van der Waals surface area contributed by atoms with Crippen LogP contribution in [0.1, 0.15) is 39.9 Å². The Labute approximate surface area is 227 Å². The van der Waals surface area contributed by atoms with Crippen LogP contribution in [0.5, 0.6) is 5.75 Å². The number of allylic oxidation sites excluding steroid dienone is 1. The Kier molecular flexibility index (Phi) is 12.7. The molecule has 2 aromatic rings. The van der Waals surface area contributed by atoms with Gasteiger partial charge in [-0.2, -0.15) is 8.78 Å². The van der Waals surface area contributed by atoms with Crippen LogP contribution >= 0.6 is 0 Å². The van der Waals surface area contributed by atoms with Crippen LogP contribution in [0, 0.1) is 12.8 Å². The van der Waals surface area contributed by atoms with Crippen LogP contribution in [0.4, 0.5) is 14.5 Å². The summed E-state index contributed by atoms with van der Waals surface area (Å²) >= 11 is 0. The van der Waals surface area contributed by atoms with E-state index in [2.05, 4.69) is 37.4 Å².